The van der Waals surface area contributed by atoms with Crippen molar-refractivity contribution in [2.45, 2.75) is 19.4 Å². The van der Waals surface area contributed by atoms with Gasteiger partial charge in [0.25, 0.3) is 5.69 Å². The molecule has 0 aromatic heterocycles. The van der Waals surface area contributed by atoms with Gasteiger partial charge in [-0.1, -0.05) is 35.0 Å². The molecule has 110 valence electrons. The average molecular weight is 352 g/mol. The van der Waals surface area contributed by atoms with Crippen LogP contribution in [0.1, 0.15) is 25.0 Å². The highest BCUT2D eigenvalue weighted by Crippen LogP contribution is 2.30. The van der Waals surface area contributed by atoms with E-state index >= 15 is 0 Å². The van der Waals surface area contributed by atoms with Crippen LogP contribution in [0, 0.1) is 10.1 Å². The molecule has 2 aromatic rings. The van der Waals surface area contributed by atoms with Gasteiger partial charge in [-0.05, 0) is 30.2 Å². The van der Waals surface area contributed by atoms with Crippen LogP contribution in [0.2, 0.25) is 0 Å². The van der Waals surface area contributed by atoms with E-state index in [2.05, 4.69) is 15.9 Å². The second kappa shape index (κ2) is 6.69. The van der Waals surface area contributed by atoms with Gasteiger partial charge in [0.1, 0.15) is 11.5 Å². The Bertz CT molecular complexity index is 643. The van der Waals surface area contributed by atoms with Gasteiger partial charge >= 0.3 is 0 Å². The van der Waals surface area contributed by atoms with E-state index in [-0.39, 0.29) is 5.69 Å². The molecule has 0 bridgehead atoms. The average Bonchev–Trinajstić information content (AvgIpc) is 2.46. The summed E-state index contributed by atoms with van der Waals surface area (Å²) in [5, 5.41) is 20.5. The van der Waals surface area contributed by atoms with Crippen LogP contribution >= 0.6 is 15.9 Å². The third-order valence-corrected chi connectivity index (χ3v) is 3.41. The van der Waals surface area contributed by atoms with Crippen LogP contribution in [0.15, 0.2) is 46.9 Å². The lowest BCUT2D eigenvalue weighted by molar-refractivity contribution is -0.385. The third-order valence-electron chi connectivity index (χ3n) is 2.95. The Hall–Kier alpha value is -1.92. The number of non-ortho nitro benzene ring substituents is 1. The Morgan fingerprint density at radius 2 is 1.90 bits per heavy atom. The van der Waals surface area contributed by atoms with Gasteiger partial charge in [0.15, 0.2) is 0 Å². The molecule has 0 saturated heterocycles. The van der Waals surface area contributed by atoms with Crippen molar-refractivity contribution in [1.29, 1.82) is 0 Å². The molecule has 0 fully saturated rings. The van der Waals surface area contributed by atoms with E-state index in [4.69, 9.17) is 4.74 Å². The number of ether oxygens (including phenoxy) is 1. The molecule has 21 heavy (non-hydrogen) atoms. The van der Waals surface area contributed by atoms with Gasteiger partial charge in [0.2, 0.25) is 0 Å². The number of hydrogen-bond acceptors (Lipinski definition) is 4. The lowest BCUT2D eigenvalue weighted by Crippen LogP contribution is -1.95. The maximum atomic E-state index is 10.8. The summed E-state index contributed by atoms with van der Waals surface area (Å²) in [4.78, 5) is 10.3. The SMILES string of the molecule is CC[C@@H](O)c1ccc(Oc2cc(Br)cc([N+](=O)[O-])c2)cc1. The van der Waals surface area contributed by atoms with Crippen LogP contribution in [-0.4, -0.2) is 10.0 Å². The fourth-order valence-corrected chi connectivity index (χ4v) is 2.30. The molecule has 6 heteroatoms. The van der Waals surface area contributed by atoms with Crippen molar-refractivity contribution in [3.05, 3.63) is 62.6 Å². The van der Waals surface area contributed by atoms with Crippen molar-refractivity contribution in [3.8, 4) is 11.5 Å². The van der Waals surface area contributed by atoms with E-state index < -0.39 is 11.0 Å². The number of nitrogens with zero attached hydrogens (tertiary/aromatic N) is 1. The predicted octanol–water partition coefficient (Wildman–Crippen LogP) is 4.59. The maximum absolute atomic E-state index is 10.8. The van der Waals surface area contributed by atoms with Crippen LogP contribution in [0.3, 0.4) is 0 Å². The molecule has 1 N–H and O–H groups in total. The molecule has 0 heterocycles. The number of nitro groups is 1. The number of halogens is 1. The zero-order chi connectivity index (χ0) is 15.4. The standard InChI is InChI=1S/C15H14BrNO4/c1-2-15(18)10-3-5-13(6-4-10)21-14-8-11(16)7-12(9-14)17(19)20/h3-9,15,18H,2H2,1H3/t15-/m1/s1. The molecule has 0 aliphatic rings. The van der Waals surface area contributed by atoms with Crippen molar-refractivity contribution in [2.75, 3.05) is 0 Å². The molecular formula is C15H14BrNO4. The number of benzene rings is 2. The lowest BCUT2D eigenvalue weighted by atomic mass is 10.1. The Morgan fingerprint density at radius 3 is 2.48 bits per heavy atom. The van der Waals surface area contributed by atoms with Gasteiger partial charge in [-0.25, -0.2) is 0 Å². The van der Waals surface area contributed by atoms with E-state index in [1.165, 1.54) is 12.1 Å². The molecule has 1 atom stereocenters. The summed E-state index contributed by atoms with van der Waals surface area (Å²) in [6.07, 6.45) is 0.142. The lowest BCUT2D eigenvalue weighted by Gasteiger charge is -2.10. The molecule has 5 nitrogen and oxygen atoms in total. The molecule has 0 aliphatic heterocycles. The molecule has 0 unspecified atom stereocenters. The van der Waals surface area contributed by atoms with E-state index in [0.29, 0.717) is 22.4 Å². The first-order valence-electron chi connectivity index (χ1n) is 6.40. The first kappa shape index (κ1) is 15.5. The van der Waals surface area contributed by atoms with Crippen molar-refractivity contribution in [1.82, 2.24) is 0 Å². The second-order valence-electron chi connectivity index (χ2n) is 4.50. The molecule has 2 aromatic carbocycles. The highest BCUT2D eigenvalue weighted by Gasteiger charge is 2.10. The van der Waals surface area contributed by atoms with Crippen molar-refractivity contribution in [3.63, 3.8) is 0 Å². The number of aliphatic hydroxyl groups is 1. The number of nitro benzene ring substituents is 1. The second-order valence-corrected chi connectivity index (χ2v) is 5.41. The first-order valence-corrected chi connectivity index (χ1v) is 7.19. The summed E-state index contributed by atoms with van der Waals surface area (Å²) in [6, 6.07) is 11.4. The minimum absolute atomic E-state index is 0.0441. The number of aliphatic hydroxyl groups excluding tert-OH is 1. The summed E-state index contributed by atoms with van der Waals surface area (Å²) >= 11 is 3.22. The van der Waals surface area contributed by atoms with E-state index in [1.54, 1.807) is 30.3 Å². The monoisotopic (exact) mass is 351 g/mol. The van der Waals surface area contributed by atoms with E-state index in [0.717, 1.165) is 5.56 Å². The van der Waals surface area contributed by atoms with E-state index in [1.807, 2.05) is 6.92 Å². The number of rotatable bonds is 5. The molecule has 0 radical (unpaired) electrons. The van der Waals surface area contributed by atoms with Gasteiger partial charge in [-0.15, -0.1) is 0 Å². The Labute approximate surface area is 130 Å². The van der Waals surface area contributed by atoms with Gasteiger partial charge < -0.3 is 9.84 Å². The minimum atomic E-state index is -0.494. The Morgan fingerprint density at radius 1 is 1.24 bits per heavy atom. The molecule has 0 spiro atoms. The van der Waals surface area contributed by atoms with Crippen LogP contribution in [0.4, 0.5) is 5.69 Å². The maximum Gasteiger partial charge on any atom is 0.274 e. The fraction of sp³-hybridized carbons (Fsp3) is 0.200. The van der Waals surface area contributed by atoms with Crippen LogP contribution < -0.4 is 4.74 Å². The summed E-state index contributed by atoms with van der Waals surface area (Å²) in [6.45, 7) is 1.90. The zero-order valence-electron chi connectivity index (χ0n) is 11.3. The van der Waals surface area contributed by atoms with Crippen molar-refractivity contribution < 1.29 is 14.8 Å². The zero-order valence-corrected chi connectivity index (χ0v) is 12.9. The molecule has 0 amide bonds. The summed E-state index contributed by atoms with van der Waals surface area (Å²) in [5.41, 5.74) is 0.766. The smallest absolute Gasteiger partial charge is 0.274 e. The molecule has 0 saturated carbocycles. The topological polar surface area (TPSA) is 72.6 Å². The Balaban J connectivity index is 2.20. The van der Waals surface area contributed by atoms with Gasteiger partial charge in [-0.3, -0.25) is 10.1 Å². The highest BCUT2D eigenvalue weighted by molar-refractivity contribution is 9.10. The fourth-order valence-electron chi connectivity index (χ4n) is 1.84. The van der Waals surface area contributed by atoms with Gasteiger partial charge in [0.05, 0.1) is 17.1 Å². The first-order chi connectivity index (χ1) is 9.99. The van der Waals surface area contributed by atoms with Crippen LogP contribution in [0.5, 0.6) is 11.5 Å². The quantitative estimate of drug-likeness (QED) is 0.631. The molecule has 2 rings (SSSR count). The summed E-state index contributed by atoms with van der Waals surface area (Å²) < 4.78 is 6.18. The highest BCUT2D eigenvalue weighted by atomic mass is 79.9. The van der Waals surface area contributed by atoms with Crippen molar-refractivity contribution >= 4 is 21.6 Å². The van der Waals surface area contributed by atoms with Crippen LogP contribution in [-0.2, 0) is 0 Å². The van der Waals surface area contributed by atoms with Crippen molar-refractivity contribution in [2.24, 2.45) is 0 Å². The Kier molecular flexibility index (Phi) is 4.93. The van der Waals surface area contributed by atoms with Crippen LogP contribution in [0.25, 0.3) is 0 Å². The summed E-state index contributed by atoms with van der Waals surface area (Å²) in [7, 11) is 0. The largest absolute Gasteiger partial charge is 0.457 e. The number of hydrogen-bond donors (Lipinski definition) is 1. The molecular weight excluding hydrogens is 338 g/mol. The normalized spacial score (nSPS) is 12.0. The predicted molar refractivity (Wildman–Crippen MR) is 82.6 cm³/mol. The van der Waals surface area contributed by atoms with Gasteiger partial charge in [0, 0.05) is 10.5 Å². The van der Waals surface area contributed by atoms with Gasteiger partial charge in [-0.2, -0.15) is 0 Å². The molecule has 0 aliphatic carbocycles. The third kappa shape index (κ3) is 4.03. The van der Waals surface area contributed by atoms with E-state index in [9.17, 15) is 15.2 Å². The summed E-state index contributed by atoms with van der Waals surface area (Å²) in [5.74, 6) is 0.925. The minimum Gasteiger partial charge on any atom is -0.457 e.